The van der Waals surface area contributed by atoms with E-state index in [1.807, 2.05) is 16.5 Å². The lowest BCUT2D eigenvalue weighted by molar-refractivity contribution is -0.274. The van der Waals surface area contributed by atoms with Crippen molar-refractivity contribution in [2.24, 2.45) is 7.05 Å². The summed E-state index contributed by atoms with van der Waals surface area (Å²) in [5, 5.41) is 8.04. The predicted octanol–water partition coefficient (Wildman–Crippen LogP) is 2.49. The molecule has 3 heterocycles. The molecule has 1 aliphatic rings. The molecule has 1 fully saturated rings. The summed E-state index contributed by atoms with van der Waals surface area (Å²) in [6.07, 6.45) is 0.00743. The van der Waals surface area contributed by atoms with Crippen LogP contribution in [0.4, 0.5) is 19.0 Å². The van der Waals surface area contributed by atoms with Crippen LogP contribution in [0.25, 0.3) is 0 Å². The highest BCUT2D eigenvalue weighted by molar-refractivity contribution is 5.42. The third kappa shape index (κ3) is 3.72. The van der Waals surface area contributed by atoms with Crippen molar-refractivity contribution in [1.29, 1.82) is 0 Å². The second-order valence-electron chi connectivity index (χ2n) is 5.49. The molecular formula is C14H16F3N5O. The SMILES string of the molecule is Cn1cnnc1C1CCCN(c2ccc(OC(F)(F)F)cn2)C1. The number of rotatable bonds is 3. The molecule has 0 N–H and O–H groups in total. The van der Waals surface area contributed by atoms with Gasteiger partial charge in [-0.05, 0) is 25.0 Å². The summed E-state index contributed by atoms with van der Waals surface area (Å²) in [4.78, 5) is 6.12. The van der Waals surface area contributed by atoms with E-state index in [4.69, 9.17) is 0 Å². The molecule has 6 nitrogen and oxygen atoms in total. The van der Waals surface area contributed by atoms with Crippen LogP contribution in [0.1, 0.15) is 24.6 Å². The molecule has 0 amide bonds. The number of aromatic nitrogens is 4. The molecule has 0 saturated carbocycles. The van der Waals surface area contributed by atoms with Crippen molar-refractivity contribution in [2.45, 2.75) is 25.1 Å². The number of aryl methyl sites for hydroxylation is 1. The first-order valence-electron chi connectivity index (χ1n) is 7.23. The van der Waals surface area contributed by atoms with E-state index in [1.54, 1.807) is 12.4 Å². The van der Waals surface area contributed by atoms with Crippen LogP contribution in [0.15, 0.2) is 24.7 Å². The molecule has 9 heteroatoms. The molecule has 1 aliphatic heterocycles. The zero-order chi connectivity index (χ0) is 16.4. The number of nitrogens with zero attached hydrogens (tertiary/aromatic N) is 5. The van der Waals surface area contributed by atoms with Gasteiger partial charge in [0.1, 0.15) is 23.7 Å². The fourth-order valence-electron chi connectivity index (χ4n) is 2.81. The minimum Gasteiger partial charge on any atom is -0.404 e. The van der Waals surface area contributed by atoms with Crippen LogP contribution in [-0.2, 0) is 7.05 Å². The van der Waals surface area contributed by atoms with Gasteiger partial charge in [0.2, 0.25) is 0 Å². The number of hydrogen-bond acceptors (Lipinski definition) is 5. The summed E-state index contributed by atoms with van der Waals surface area (Å²) in [6, 6.07) is 2.82. The predicted molar refractivity (Wildman–Crippen MR) is 76.1 cm³/mol. The Morgan fingerprint density at radius 3 is 2.74 bits per heavy atom. The van der Waals surface area contributed by atoms with Gasteiger partial charge in [-0.25, -0.2) is 4.98 Å². The number of anilines is 1. The Morgan fingerprint density at radius 1 is 1.30 bits per heavy atom. The highest BCUT2D eigenvalue weighted by atomic mass is 19.4. The molecule has 2 aromatic heterocycles. The first-order valence-corrected chi connectivity index (χ1v) is 7.23. The summed E-state index contributed by atoms with van der Waals surface area (Å²) < 4.78 is 42.2. The Bertz CT molecular complexity index is 655. The maximum atomic E-state index is 12.2. The zero-order valence-corrected chi connectivity index (χ0v) is 12.5. The Morgan fingerprint density at radius 2 is 2.13 bits per heavy atom. The van der Waals surface area contributed by atoms with Gasteiger partial charge in [-0.2, -0.15) is 0 Å². The second kappa shape index (κ2) is 6.05. The van der Waals surface area contributed by atoms with Gasteiger partial charge in [-0.3, -0.25) is 0 Å². The van der Waals surface area contributed by atoms with Gasteiger partial charge in [0.05, 0.1) is 6.20 Å². The third-order valence-electron chi connectivity index (χ3n) is 3.81. The van der Waals surface area contributed by atoms with Crippen LogP contribution < -0.4 is 9.64 Å². The topological polar surface area (TPSA) is 56.1 Å². The first-order chi connectivity index (χ1) is 10.9. The van der Waals surface area contributed by atoms with Crippen LogP contribution in [0.5, 0.6) is 5.75 Å². The third-order valence-corrected chi connectivity index (χ3v) is 3.81. The molecular weight excluding hydrogens is 311 g/mol. The van der Waals surface area contributed by atoms with E-state index in [2.05, 4.69) is 19.9 Å². The molecule has 0 spiro atoms. The van der Waals surface area contributed by atoms with Gasteiger partial charge in [0, 0.05) is 26.1 Å². The molecule has 2 aromatic rings. The highest BCUT2D eigenvalue weighted by Gasteiger charge is 2.31. The van der Waals surface area contributed by atoms with E-state index >= 15 is 0 Å². The molecule has 124 valence electrons. The Hall–Kier alpha value is -2.32. The molecule has 0 aromatic carbocycles. The lowest BCUT2D eigenvalue weighted by atomic mass is 9.97. The van der Waals surface area contributed by atoms with Gasteiger partial charge >= 0.3 is 6.36 Å². The standard InChI is InChI=1S/C14H16F3N5O/c1-21-9-19-20-13(21)10-3-2-6-22(8-10)12-5-4-11(7-18-12)23-14(15,16)17/h4-5,7,9-10H,2-3,6,8H2,1H3. The largest absolute Gasteiger partial charge is 0.573 e. The highest BCUT2D eigenvalue weighted by Crippen LogP contribution is 2.29. The number of piperidine rings is 1. The number of ether oxygens (including phenoxy) is 1. The first kappa shape index (κ1) is 15.6. The van der Waals surface area contributed by atoms with Gasteiger partial charge < -0.3 is 14.2 Å². The van der Waals surface area contributed by atoms with E-state index in [9.17, 15) is 13.2 Å². The molecule has 1 atom stereocenters. The lowest BCUT2D eigenvalue weighted by Crippen LogP contribution is -2.35. The van der Waals surface area contributed by atoms with Crippen LogP contribution in [-0.4, -0.2) is 39.2 Å². The minimum absolute atomic E-state index is 0.226. The average molecular weight is 327 g/mol. The van der Waals surface area contributed by atoms with E-state index in [-0.39, 0.29) is 11.7 Å². The summed E-state index contributed by atoms with van der Waals surface area (Å²) in [6.45, 7) is 1.51. The van der Waals surface area contributed by atoms with Crippen molar-refractivity contribution >= 4 is 5.82 Å². The summed E-state index contributed by atoms with van der Waals surface area (Å²) in [5.74, 6) is 1.45. The number of pyridine rings is 1. The van der Waals surface area contributed by atoms with Crippen LogP contribution in [0.2, 0.25) is 0 Å². The number of halogens is 3. The van der Waals surface area contributed by atoms with Crippen molar-refractivity contribution in [3.63, 3.8) is 0 Å². The fourth-order valence-corrected chi connectivity index (χ4v) is 2.81. The molecule has 0 bridgehead atoms. The van der Waals surface area contributed by atoms with Gasteiger partial charge in [-0.1, -0.05) is 0 Å². The molecule has 0 aliphatic carbocycles. The van der Waals surface area contributed by atoms with Crippen molar-refractivity contribution in [2.75, 3.05) is 18.0 Å². The lowest BCUT2D eigenvalue weighted by Gasteiger charge is -2.33. The number of hydrogen-bond donors (Lipinski definition) is 0. The monoisotopic (exact) mass is 327 g/mol. The Kier molecular flexibility index (Phi) is 4.10. The van der Waals surface area contributed by atoms with E-state index in [0.29, 0.717) is 12.4 Å². The Balaban J connectivity index is 1.70. The molecule has 23 heavy (non-hydrogen) atoms. The van der Waals surface area contributed by atoms with Crippen LogP contribution in [0.3, 0.4) is 0 Å². The molecule has 1 saturated heterocycles. The molecule has 3 rings (SSSR count). The van der Waals surface area contributed by atoms with Gasteiger partial charge in [0.25, 0.3) is 0 Å². The number of alkyl halides is 3. The quantitative estimate of drug-likeness (QED) is 0.867. The van der Waals surface area contributed by atoms with Crippen LogP contribution >= 0.6 is 0 Å². The molecule has 1 unspecified atom stereocenters. The summed E-state index contributed by atoms with van der Waals surface area (Å²) >= 11 is 0. The maximum absolute atomic E-state index is 12.2. The van der Waals surface area contributed by atoms with Crippen LogP contribution in [0, 0.1) is 0 Å². The van der Waals surface area contributed by atoms with Crippen molar-refractivity contribution < 1.29 is 17.9 Å². The van der Waals surface area contributed by atoms with E-state index in [1.165, 1.54) is 6.07 Å². The fraction of sp³-hybridized carbons (Fsp3) is 0.500. The smallest absolute Gasteiger partial charge is 0.404 e. The van der Waals surface area contributed by atoms with E-state index in [0.717, 1.165) is 31.4 Å². The zero-order valence-electron chi connectivity index (χ0n) is 12.5. The summed E-state index contributed by atoms with van der Waals surface area (Å²) in [5.41, 5.74) is 0. The summed E-state index contributed by atoms with van der Waals surface area (Å²) in [7, 11) is 1.90. The van der Waals surface area contributed by atoms with Crippen molar-refractivity contribution in [3.8, 4) is 5.75 Å². The second-order valence-corrected chi connectivity index (χ2v) is 5.49. The Labute approximate surface area is 130 Å². The maximum Gasteiger partial charge on any atom is 0.573 e. The van der Waals surface area contributed by atoms with E-state index < -0.39 is 6.36 Å². The van der Waals surface area contributed by atoms with Gasteiger partial charge in [0.15, 0.2) is 0 Å². The normalized spacial score (nSPS) is 19.0. The van der Waals surface area contributed by atoms with Crippen molar-refractivity contribution in [3.05, 3.63) is 30.5 Å². The molecule has 0 radical (unpaired) electrons. The van der Waals surface area contributed by atoms with Gasteiger partial charge in [-0.15, -0.1) is 23.4 Å². The van der Waals surface area contributed by atoms with Crippen molar-refractivity contribution in [1.82, 2.24) is 19.7 Å². The average Bonchev–Trinajstić information content (AvgIpc) is 2.93. The minimum atomic E-state index is -4.70.